The van der Waals surface area contributed by atoms with Crippen molar-refractivity contribution in [3.8, 4) is 5.88 Å². The number of nitro groups is 1. The Morgan fingerprint density at radius 3 is 2.41 bits per heavy atom. The standard InChI is InChI=1S/C13H11ClN2O5S/c1-21-12-7-6-11(16(17)18)13(15-12)22(19,20)8-9-2-4-10(14)5-3-9/h2-7H,8H2,1H3. The fourth-order valence-corrected chi connectivity index (χ4v) is 3.35. The van der Waals surface area contributed by atoms with E-state index in [0.29, 0.717) is 10.6 Å². The molecule has 0 atom stereocenters. The first kappa shape index (κ1) is 16.2. The van der Waals surface area contributed by atoms with Crippen molar-refractivity contribution in [2.75, 3.05) is 7.11 Å². The molecule has 1 aromatic carbocycles. The van der Waals surface area contributed by atoms with Gasteiger partial charge in [-0.05, 0) is 17.7 Å². The molecule has 2 aromatic rings. The van der Waals surface area contributed by atoms with Crippen LogP contribution in [0.5, 0.6) is 5.88 Å². The first-order valence-corrected chi connectivity index (χ1v) is 8.03. The predicted molar refractivity (Wildman–Crippen MR) is 79.8 cm³/mol. The molecule has 0 aliphatic rings. The van der Waals surface area contributed by atoms with Crippen LogP contribution in [0, 0.1) is 10.1 Å². The molecule has 7 nitrogen and oxygen atoms in total. The van der Waals surface area contributed by atoms with Gasteiger partial charge in [0.25, 0.3) is 0 Å². The van der Waals surface area contributed by atoms with Gasteiger partial charge in [-0.3, -0.25) is 10.1 Å². The summed E-state index contributed by atoms with van der Waals surface area (Å²) in [5, 5.41) is 10.9. The van der Waals surface area contributed by atoms with Crippen molar-refractivity contribution < 1.29 is 18.1 Å². The lowest BCUT2D eigenvalue weighted by Gasteiger charge is -2.06. The van der Waals surface area contributed by atoms with Crippen molar-refractivity contribution in [3.05, 3.63) is 57.1 Å². The number of aromatic nitrogens is 1. The molecule has 22 heavy (non-hydrogen) atoms. The van der Waals surface area contributed by atoms with Crippen molar-refractivity contribution in [2.45, 2.75) is 10.8 Å². The third-order valence-electron chi connectivity index (χ3n) is 2.79. The van der Waals surface area contributed by atoms with E-state index in [1.807, 2.05) is 0 Å². The van der Waals surface area contributed by atoms with E-state index in [1.165, 1.54) is 25.3 Å². The van der Waals surface area contributed by atoms with E-state index in [1.54, 1.807) is 12.1 Å². The first-order valence-electron chi connectivity index (χ1n) is 6.00. The minimum atomic E-state index is -4.01. The summed E-state index contributed by atoms with van der Waals surface area (Å²) in [5.74, 6) is -0.439. The predicted octanol–water partition coefficient (Wildman–Crippen LogP) is 2.63. The van der Waals surface area contributed by atoms with Crippen molar-refractivity contribution in [1.82, 2.24) is 4.98 Å². The molecule has 1 aromatic heterocycles. The van der Waals surface area contributed by atoms with Gasteiger partial charge < -0.3 is 4.74 Å². The Labute approximate surface area is 131 Å². The highest BCUT2D eigenvalue weighted by Crippen LogP contribution is 2.27. The highest BCUT2D eigenvalue weighted by molar-refractivity contribution is 7.90. The Morgan fingerprint density at radius 2 is 1.86 bits per heavy atom. The van der Waals surface area contributed by atoms with Crippen LogP contribution in [0.15, 0.2) is 41.4 Å². The average molecular weight is 343 g/mol. The number of pyridine rings is 1. The molecule has 0 radical (unpaired) electrons. The van der Waals surface area contributed by atoms with Crippen LogP contribution in [-0.2, 0) is 15.6 Å². The molecule has 0 unspecified atom stereocenters. The largest absolute Gasteiger partial charge is 0.481 e. The molecule has 0 saturated carbocycles. The van der Waals surface area contributed by atoms with Crippen molar-refractivity contribution in [1.29, 1.82) is 0 Å². The highest BCUT2D eigenvalue weighted by atomic mass is 35.5. The maximum atomic E-state index is 12.4. The van der Waals surface area contributed by atoms with Crippen molar-refractivity contribution in [3.63, 3.8) is 0 Å². The summed E-state index contributed by atoms with van der Waals surface area (Å²) in [4.78, 5) is 13.9. The molecule has 0 amide bonds. The second-order valence-corrected chi connectivity index (χ2v) is 6.66. The lowest BCUT2D eigenvalue weighted by molar-refractivity contribution is -0.388. The molecule has 2 rings (SSSR count). The Hall–Kier alpha value is -2.19. The zero-order valence-electron chi connectivity index (χ0n) is 11.4. The van der Waals surface area contributed by atoms with Crippen molar-refractivity contribution in [2.24, 2.45) is 0 Å². The SMILES string of the molecule is COc1ccc([N+](=O)[O-])c(S(=O)(=O)Cc2ccc(Cl)cc2)n1. The summed E-state index contributed by atoms with van der Waals surface area (Å²) in [5.41, 5.74) is -0.141. The number of hydrogen-bond donors (Lipinski definition) is 0. The van der Waals surface area contributed by atoms with Gasteiger partial charge in [0.15, 0.2) is 0 Å². The normalized spacial score (nSPS) is 11.2. The molecule has 0 aliphatic carbocycles. The molecule has 9 heteroatoms. The van der Waals surface area contributed by atoms with Gasteiger partial charge in [-0.15, -0.1) is 0 Å². The molecule has 116 valence electrons. The fourth-order valence-electron chi connectivity index (χ4n) is 1.77. The van der Waals surface area contributed by atoms with Gasteiger partial charge in [0, 0.05) is 17.2 Å². The van der Waals surface area contributed by atoms with E-state index in [9.17, 15) is 18.5 Å². The van der Waals surface area contributed by atoms with E-state index < -0.39 is 31.2 Å². The number of nitrogens with zero attached hydrogens (tertiary/aromatic N) is 2. The number of hydrogen-bond acceptors (Lipinski definition) is 6. The Morgan fingerprint density at radius 1 is 1.23 bits per heavy atom. The summed E-state index contributed by atoms with van der Waals surface area (Å²) in [6.07, 6.45) is 0. The van der Waals surface area contributed by atoms with Gasteiger partial charge in [-0.2, -0.15) is 4.98 Å². The molecule has 0 N–H and O–H groups in total. The maximum Gasteiger partial charge on any atom is 0.306 e. The molecule has 0 saturated heterocycles. The van der Waals surface area contributed by atoms with Gasteiger partial charge in [0.05, 0.1) is 17.8 Å². The molecule has 0 spiro atoms. The summed E-state index contributed by atoms with van der Waals surface area (Å²) < 4.78 is 29.7. The Bertz CT molecular complexity index is 806. The fraction of sp³-hybridized carbons (Fsp3) is 0.154. The summed E-state index contributed by atoms with van der Waals surface area (Å²) in [7, 11) is -2.71. The number of ether oxygens (including phenoxy) is 1. The van der Waals surface area contributed by atoms with Crippen LogP contribution in [-0.4, -0.2) is 25.4 Å². The lowest BCUT2D eigenvalue weighted by Crippen LogP contribution is -2.10. The van der Waals surface area contributed by atoms with E-state index in [-0.39, 0.29) is 5.88 Å². The number of sulfone groups is 1. The summed E-state index contributed by atoms with van der Waals surface area (Å²) in [6, 6.07) is 8.44. The molecular weight excluding hydrogens is 332 g/mol. The van der Waals surface area contributed by atoms with Crippen LogP contribution in [0.1, 0.15) is 5.56 Å². The minimum Gasteiger partial charge on any atom is -0.481 e. The number of halogens is 1. The summed E-state index contributed by atoms with van der Waals surface area (Å²) >= 11 is 5.74. The molecule has 1 heterocycles. The van der Waals surface area contributed by atoms with Gasteiger partial charge in [-0.25, -0.2) is 8.42 Å². The van der Waals surface area contributed by atoms with Crippen LogP contribution < -0.4 is 4.74 Å². The van der Waals surface area contributed by atoms with Crippen LogP contribution in [0.2, 0.25) is 5.02 Å². The van der Waals surface area contributed by atoms with Gasteiger partial charge in [0.2, 0.25) is 20.7 Å². The number of benzene rings is 1. The Kier molecular flexibility index (Phi) is 4.62. The van der Waals surface area contributed by atoms with E-state index in [2.05, 4.69) is 4.98 Å². The number of rotatable bonds is 5. The van der Waals surface area contributed by atoms with Crippen molar-refractivity contribution >= 4 is 27.1 Å². The smallest absolute Gasteiger partial charge is 0.306 e. The van der Waals surface area contributed by atoms with Gasteiger partial charge in [-0.1, -0.05) is 23.7 Å². The maximum absolute atomic E-state index is 12.4. The lowest BCUT2D eigenvalue weighted by atomic mass is 10.2. The molecule has 0 bridgehead atoms. The quantitative estimate of drug-likeness (QED) is 0.611. The van der Waals surface area contributed by atoms with E-state index in [4.69, 9.17) is 16.3 Å². The monoisotopic (exact) mass is 342 g/mol. The second kappa shape index (κ2) is 6.29. The zero-order chi connectivity index (χ0) is 16.3. The highest BCUT2D eigenvalue weighted by Gasteiger charge is 2.28. The Balaban J connectivity index is 2.47. The van der Waals surface area contributed by atoms with Gasteiger partial charge >= 0.3 is 5.69 Å². The van der Waals surface area contributed by atoms with Crippen LogP contribution in [0.3, 0.4) is 0 Å². The van der Waals surface area contributed by atoms with E-state index >= 15 is 0 Å². The van der Waals surface area contributed by atoms with Crippen LogP contribution in [0.25, 0.3) is 0 Å². The average Bonchev–Trinajstić information content (AvgIpc) is 2.48. The topological polar surface area (TPSA) is 99.4 Å². The minimum absolute atomic E-state index is 0.0136. The van der Waals surface area contributed by atoms with E-state index in [0.717, 1.165) is 6.07 Å². The molecule has 0 aliphatic heterocycles. The van der Waals surface area contributed by atoms with Crippen LogP contribution >= 0.6 is 11.6 Å². The molecule has 0 fully saturated rings. The van der Waals surface area contributed by atoms with Crippen LogP contribution in [0.4, 0.5) is 5.69 Å². The third-order valence-corrected chi connectivity index (χ3v) is 4.64. The second-order valence-electron chi connectivity index (χ2n) is 4.32. The third kappa shape index (κ3) is 3.52. The number of methoxy groups -OCH3 is 1. The summed E-state index contributed by atoms with van der Waals surface area (Å²) in [6.45, 7) is 0. The van der Waals surface area contributed by atoms with Gasteiger partial charge in [0.1, 0.15) is 0 Å². The first-order chi connectivity index (χ1) is 10.3. The molecular formula is C13H11ClN2O5S. The zero-order valence-corrected chi connectivity index (χ0v) is 13.0.